The summed E-state index contributed by atoms with van der Waals surface area (Å²) in [4.78, 5) is 18.0. The first-order chi connectivity index (χ1) is 13.6. The highest BCUT2D eigenvalue weighted by Crippen LogP contribution is 2.33. The van der Waals surface area contributed by atoms with Crippen molar-refractivity contribution in [1.82, 2.24) is 10.3 Å². The van der Waals surface area contributed by atoms with Gasteiger partial charge in [-0.25, -0.2) is 4.98 Å². The predicted octanol–water partition coefficient (Wildman–Crippen LogP) is 6.89. The number of rotatable bonds is 5. The van der Waals surface area contributed by atoms with Crippen molar-refractivity contribution in [2.45, 2.75) is 53.0 Å². The smallest absolute Gasteiger partial charge is 0.270 e. The molecular weight excluding hydrogens is 380 g/mol. The molecule has 29 heavy (non-hydrogen) atoms. The molecule has 0 radical (unpaired) electrons. The second-order valence-corrected chi connectivity index (χ2v) is 9.57. The fourth-order valence-electron chi connectivity index (χ4n) is 3.94. The molecule has 0 aliphatic rings. The van der Waals surface area contributed by atoms with Crippen molar-refractivity contribution in [3.8, 4) is 11.3 Å². The summed E-state index contributed by atoms with van der Waals surface area (Å²) in [5.41, 5.74) is 1.78. The van der Waals surface area contributed by atoms with E-state index in [9.17, 15) is 4.79 Å². The predicted molar refractivity (Wildman–Crippen MR) is 122 cm³/mol. The van der Waals surface area contributed by atoms with Crippen molar-refractivity contribution in [1.29, 1.82) is 0 Å². The SMILES string of the molecule is CCC(C)(CC(C)(C)C)NC(=O)c1cc2ccccc2c(-c2ccccc2Cl)n1. The van der Waals surface area contributed by atoms with Crippen LogP contribution in [-0.4, -0.2) is 16.4 Å². The van der Waals surface area contributed by atoms with E-state index in [0.29, 0.717) is 10.7 Å². The van der Waals surface area contributed by atoms with Gasteiger partial charge in [-0.05, 0) is 42.7 Å². The molecule has 3 nitrogen and oxygen atoms in total. The zero-order valence-electron chi connectivity index (χ0n) is 17.8. The average Bonchev–Trinajstić information content (AvgIpc) is 2.66. The van der Waals surface area contributed by atoms with Crippen LogP contribution in [0.5, 0.6) is 0 Å². The molecule has 0 spiro atoms. The number of nitrogens with one attached hydrogen (secondary N) is 1. The molecule has 4 heteroatoms. The highest BCUT2D eigenvalue weighted by molar-refractivity contribution is 6.33. The second kappa shape index (κ2) is 8.16. The van der Waals surface area contributed by atoms with Crippen molar-refractivity contribution >= 4 is 28.3 Å². The lowest BCUT2D eigenvalue weighted by atomic mass is 9.79. The lowest BCUT2D eigenvalue weighted by Gasteiger charge is -2.35. The van der Waals surface area contributed by atoms with Crippen molar-refractivity contribution in [3.05, 3.63) is 65.3 Å². The monoisotopic (exact) mass is 408 g/mol. The minimum Gasteiger partial charge on any atom is -0.346 e. The van der Waals surface area contributed by atoms with Gasteiger partial charge < -0.3 is 5.32 Å². The zero-order valence-corrected chi connectivity index (χ0v) is 18.6. The highest BCUT2D eigenvalue weighted by atomic mass is 35.5. The third-order valence-electron chi connectivity index (χ3n) is 5.22. The van der Waals surface area contributed by atoms with Crippen LogP contribution in [0.4, 0.5) is 0 Å². The van der Waals surface area contributed by atoms with Gasteiger partial charge in [0.1, 0.15) is 5.69 Å². The van der Waals surface area contributed by atoms with Gasteiger partial charge in [0, 0.05) is 21.5 Å². The van der Waals surface area contributed by atoms with E-state index in [1.54, 1.807) is 0 Å². The fourth-order valence-corrected chi connectivity index (χ4v) is 4.17. The number of fused-ring (bicyclic) bond motifs is 1. The largest absolute Gasteiger partial charge is 0.346 e. The lowest BCUT2D eigenvalue weighted by molar-refractivity contribution is 0.0871. The lowest BCUT2D eigenvalue weighted by Crippen LogP contribution is -2.48. The Balaban J connectivity index is 2.06. The fraction of sp³-hybridized carbons (Fsp3) is 0.360. The first kappa shape index (κ1) is 21.3. The van der Waals surface area contributed by atoms with E-state index in [-0.39, 0.29) is 16.9 Å². The molecule has 1 aromatic heterocycles. The standard InChI is InChI=1S/C25H29ClN2O/c1-6-25(5,16-24(2,3)4)28-23(29)21-15-17-11-7-8-12-18(17)22(27-21)19-13-9-10-14-20(19)26/h7-15H,6,16H2,1-5H3,(H,28,29). The van der Waals surface area contributed by atoms with Gasteiger partial charge in [0.05, 0.1) is 5.69 Å². The van der Waals surface area contributed by atoms with E-state index in [0.717, 1.165) is 34.9 Å². The number of pyridine rings is 1. The van der Waals surface area contributed by atoms with E-state index in [1.165, 1.54) is 0 Å². The summed E-state index contributed by atoms with van der Waals surface area (Å²) >= 11 is 6.45. The molecule has 1 atom stereocenters. The molecule has 0 fully saturated rings. The van der Waals surface area contributed by atoms with Crippen LogP contribution in [0.15, 0.2) is 54.6 Å². The third kappa shape index (κ3) is 4.97. The maximum Gasteiger partial charge on any atom is 0.270 e. The van der Waals surface area contributed by atoms with Crippen LogP contribution in [-0.2, 0) is 0 Å². The van der Waals surface area contributed by atoms with E-state index in [4.69, 9.17) is 16.6 Å². The summed E-state index contributed by atoms with van der Waals surface area (Å²) in [7, 11) is 0. The van der Waals surface area contributed by atoms with E-state index in [1.807, 2.05) is 54.6 Å². The number of hydrogen-bond acceptors (Lipinski definition) is 2. The summed E-state index contributed by atoms with van der Waals surface area (Å²) < 4.78 is 0. The maximum absolute atomic E-state index is 13.2. The Bertz CT molecular complexity index is 1040. The number of benzene rings is 2. The van der Waals surface area contributed by atoms with Gasteiger partial charge in [-0.1, -0.05) is 81.8 Å². The first-order valence-electron chi connectivity index (χ1n) is 10.1. The van der Waals surface area contributed by atoms with Crippen molar-refractivity contribution in [2.75, 3.05) is 0 Å². The van der Waals surface area contributed by atoms with Gasteiger partial charge in [0.15, 0.2) is 0 Å². The van der Waals surface area contributed by atoms with E-state index >= 15 is 0 Å². The number of amides is 1. The molecular formula is C25H29ClN2O. The van der Waals surface area contributed by atoms with Crippen molar-refractivity contribution in [3.63, 3.8) is 0 Å². The van der Waals surface area contributed by atoms with Gasteiger partial charge in [-0.3, -0.25) is 4.79 Å². The second-order valence-electron chi connectivity index (χ2n) is 9.16. The Kier molecular flexibility index (Phi) is 6.00. The summed E-state index contributed by atoms with van der Waals surface area (Å²) in [6.07, 6.45) is 1.73. The summed E-state index contributed by atoms with van der Waals surface area (Å²) in [5.74, 6) is -0.155. The molecule has 0 saturated carbocycles. The van der Waals surface area contributed by atoms with Crippen LogP contribution in [0.1, 0.15) is 57.9 Å². The number of carbonyl (C=O) groups excluding carboxylic acids is 1. The quantitative estimate of drug-likeness (QED) is 0.499. The summed E-state index contributed by atoms with van der Waals surface area (Å²) in [6, 6.07) is 17.4. The highest BCUT2D eigenvalue weighted by Gasteiger charge is 2.30. The van der Waals surface area contributed by atoms with Crippen LogP contribution in [0, 0.1) is 5.41 Å². The van der Waals surface area contributed by atoms with E-state index < -0.39 is 0 Å². The first-order valence-corrected chi connectivity index (χ1v) is 10.5. The number of nitrogens with zero attached hydrogens (tertiary/aromatic N) is 1. The molecule has 2 aromatic carbocycles. The molecule has 0 aliphatic carbocycles. The Hall–Kier alpha value is -2.39. The molecule has 0 saturated heterocycles. The van der Waals surface area contributed by atoms with Crippen LogP contribution in [0.2, 0.25) is 5.02 Å². The minimum atomic E-state index is -0.298. The van der Waals surface area contributed by atoms with Gasteiger partial charge in [0.2, 0.25) is 0 Å². The molecule has 1 amide bonds. The van der Waals surface area contributed by atoms with E-state index in [2.05, 4.69) is 39.9 Å². The van der Waals surface area contributed by atoms with Gasteiger partial charge in [-0.15, -0.1) is 0 Å². The topological polar surface area (TPSA) is 42.0 Å². The molecule has 0 bridgehead atoms. The van der Waals surface area contributed by atoms with Crippen LogP contribution in [0.3, 0.4) is 0 Å². The normalized spacial score (nSPS) is 13.9. The minimum absolute atomic E-state index is 0.109. The third-order valence-corrected chi connectivity index (χ3v) is 5.55. The number of hydrogen-bond donors (Lipinski definition) is 1. The van der Waals surface area contributed by atoms with Gasteiger partial charge >= 0.3 is 0 Å². The molecule has 1 N–H and O–H groups in total. The average molecular weight is 409 g/mol. The zero-order chi connectivity index (χ0) is 21.2. The van der Waals surface area contributed by atoms with Crippen molar-refractivity contribution < 1.29 is 4.79 Å². The number of aromatic nitrogens is 1. The van der Waals surface area contributed by atoms with Crippen LogP contribution in [0.25, 0.3) is 22.0 Å². The molecule has 3 aromatic rings. The molecule has 3 rings (SSSR count). The molecule has 1 unspecified atom stereocenters. The van der Waals surface area contributed by atoms with Crippen LogP contribution < -0.4 is 5.32 Å². The van der Waals surface area contributed by atoms with Gasteiger partial charge in [-0.2, -0.15) is 0 Å². The van der Waals surface area contributed by atoms with Crippen molar-refractivity contribution in [2.24, 2.45) is 5.41 Å². The summed E-state index contributed by atoms with van der Waals surface area (Å²) in [6.45, 7) is 10.8. The Morgan fingerprint density at radius 2 is 1.69 bits per heavy atom. The number of carbonyl (C=O) groups is 1. The Morgan fingerprint density at radius 1 is 1.03 bits per heavy atom. The molecule has 152 valence electrons. The molecule has 1 heterocycles. The maximum atomic E-state index is 13.2. The summed E-state index contributed by atoms with van der Waals surface area (Å²) in [5, 5.41) is 5.80. The Labute approximate surface area is 178 Å². The Morgan fingerprint density at radius 3 is 2.34 bits per heavy atom. The van der Waals surface area contributed by atoms with Crippen LogP contribution >= 0.6 is 11.6 Å². The van der Waals surface area contributed by atoms with Gasteiger partial charge in [0.25, 0.3) is 5.91 Å². The molecule has 0 aliphatic heterocycles. The number of halogens is 1.